The maximum atomic E-state index is 13.3. The molecule has 1 aliphatic heterocycles. The van der Waals surface area contributed by atoms with E-state index in [0.717, 1.165) is 11.1 Å². The molecule has 0 unspecified atom stereocenters. The molecule has 8 heteroatoms. The van der Waals surface area contributed by atoms with Crippen molar-refractivity contribution < 1.29 is 18.3 Å². The Kier molecular flexibility index (Phi) is 6.17. The Balaban J connectivity index is 1.40. The smallest absolute Gasteiger partial charge is 0.240 e. The number of halogens is 2. The number of carbonyl (C=O) groups is 1. The average Bonchev–Trinajstić information content (AvgIpc) is 3.22. The van der Waals surface area contributed by atoms with Crippen LogP contribution in [-0.4, -0.2) is 30.6 Å². The fourth-order valence-electron chi connectivity index (χ4n) is 3.55. The fraction of sp³-hybridized carbons (Fsp3) is 0.273. The van der Waals surface area contributed by atoms with Gasteiger partial charge < -0.3 is 10.1 Å². The number of nitrogens with one attached hydrogen (secondary N) is 2. The lowest BCUT2D eigenvalue weighted by molar-refractivity contribution is -0.116. The summed E-state index contributed by atoms with van der Waals surface area (Å²) in [6, 6.07) is 12.4. The fourth-order valence-corrected chi connectivity index (χ4v) is 4.29. The van der Waals surface area contributed by atoms with Gasteiger partial charge >= 0.3 is 0 Å². The van der Waals surface area contributed by atoms with Gasteiger partial charge in [0.25, 0.3) is 0 Å². The van der Waals surface area contributed by atoms with E-state index in [4.69, 9.17) is 4.74 Å². The summed E-state index contributed by atoms with van der Waals surface area (Å²) in [4.78, 5) is 16.9. The average molecular weight is 429 g/mol. The number of anilines is 1. The monoisotopic (exact) mass is 429 g/mol. The first-order chi connectivity index (χ1) is 14.5. The predicted octanol–water partition coefficient (Wildman–Crippen LogP) is 4.32. The van der Waals surface area contributed by atoms with Crippen molar-refractivity contribution in [2.45, 2.75) is 18.4 Å². The second-order valence-corrected chi connectivity index (χ2v) is 8.01. The Morgan fingerprint density at radius 3 is 2.33 bits per heavy atom. The predicted molar refractivity (Wildman–Crippen MR) is 112 cm³/mol. The lowest BCUT2D eigenvalue weighted by Crippen LogP contribution is -2.49. The van der Waals surface area contributed by atoms with Crippen molar-refractivity contribution in [3.05, 3.63) is 71.1 Å². The molecule has 0 bridgehead atoms. The number of ether oxygens (including phenoxy) is 1. The summed E-state index contributed by atoms with van der Waals surface area (Å²) in [7, 11) is 0. The largest absolute Gasteiger partial charge is 0.381 e. The summed E-state index contributed by atoms with van der Waals surface area (Å²) in [6.45, 7) is 1.22. The SMILES string of the molecule is O=C(CNC1(c2ccc(F)cc2)CCOCC1)Nc1nc(-c2ccc(F)cc2)cs1. The van der Waals surface area contributed by atoms with Crippen molar-refractivity contribution in [2.75, 3.05) is 25.1 Å². The van der Waals surface area contributed by atoms with Crippen LogP contribution in [0.3, 0.4) is 0 Å². The van der Waals surface area contributed by atoms with Crippen LogP contribution in [0.1, 0.15) is 18.4 Å². The van der Waals surface area contributed by atoms with Gasteiger partial charge in [0.15, 0.2) is 5.13 Å². The second-order valence-electron chi connectivity index (χ2n) is 7.15. The number of amides is 1. The van der Waals surface area contributed by atoms with Crippen LogP contribution in [0.5, 0.6) is 0 Å². The minimum absolute atomic E-state index is 0.0861. The first kappa shape index (κ1) is 20.6. The highest BCUT2D eigenvalue weighted by atomic mass is 32.1. The Labute approximate surface area is 177 Å². The van der Waals surface area contributed by atoms with Gasteiger partial charge in [0, 0.05) is 29.7 Å². The first-order valence-corrected chi connectivity index (χ1v) is 10.5. The summed E-state index contributed by atoms with van der Waals surface area (Å²) in [6.07, 6.45) is 1.38. The third kappa shape index (κ3) is 4.72. The van der Waals surface area contributed by atoms with Crippen molar-refractivity contribution in [3.63, 3.8) is 0 Å². The number of nitrogens with zero attached hydrogens (tertiary/aromatic N) is 1. The molecular weight excluding hydrogens is 408 g/mol. The topological polar surface area (TPSA) is 63.2 Å². The zero-order valence-corrected chi connectivity index (χ0v) is 17.0. The van der Waals surface area contributed by atoms with E-state index in [1.807, 2.05) is 5.38 Å². The van der Waals surface area contributed by atoms with Gasteiger partial charge in [-0.15, -0.1) is 11.3 Å². The lowest BCUT2D eigenvalue weighted by atomic mass is 9.82. The molecule has 0 aliphatic carbocycles. The summed E-state index contributed by atoms with van der Waals surface area (Å²) >= 11 is 1.31. The third-order valence-electron chi connectivity index (χ3n) is 5.22. The number of carbonyl (C=O) groups excluding carboxylic acids is 1. The van der Waals surface area contributed by atoms with Crippen LogP contribution in [-0.2, 0) is 15.1 Å². The molecule has 1 saturated heterocycles. The van der Waals surface area contributed by atoms with Crippen LogP contribution in [0.4, 0.5) is 13.9 Å². The van der Waals surface area contributed by atoms with Gasteiger partial charge in [-0.05, 0) is 54.8 Å². The normalized spacial score (nSPS) is 15.7. The highest BCUT2D eigenvalue weighted by Crippen LogP contribution is 2.32. The van der Waals surface area contributed by atoms with Crippen LogP contribution < -0.4 is 10.6 Å². The summed E-state index contributed by atoms with van der Waals surface area (Å²) < 4.78 is 31.9. The van der Waals surface area contributed by atoms with E-state index < -0.39 is 5.54 Å². The molecule has 30 heavy (non-hydrogen) atoms. The van der Waals surface area contributed by atoms with Crippen LogP contribution in [0, 0.1) is 11.6 Å². The highest BCUT2D eigenvalue weighted by Gasteiger charge is 2.34. The molecular formula is C22H21F2N3O2S. The van der Waals surface area contributed by atoms with Crippen molar-refractivity contribution in [1.29, 1.82) is 0 Å². The maximum absolute atomic E-state index is 13.3. The zero-order chi connectivity index (χ0) is 21.0. The zero-order valence-electron chi connectivity index (χ0n) is 16.2. The van der Waals surface area contributed by atoms with Crippen LogP contribution in [0.2, 0.25) is 0 Å². The molecule has 5 nitrogen and oxygen atoms in total. The molecule has 0 saturated carbocycles. The van der Waals surface area contributed by atoms with Gasteiger partial charge in [0.1, 0.15) is 11.6 Å². The molecule has 1 amide bonds. The molecule has 0 spiro atoms. The van der Waals surface area contributed by atoms with Crippen LogP contribution in [0.15, 0.2) is 53.9 Å². The molecule has 0 radical (unpaired) electrons. The van der Waals surface area contributed by atoms with E-state index in [0.29, 0.717) is 36.9 Å². The molecule has 1 fully saturated rings. The number of hydrogen-bond donors (Lipinski definition) is 2. The van der Waals surface area contributed by atoms with Crippen molar-refractivity contribution >= 4 is 22.4 Å². The maximum Gasteiger partial charge on any atom is 0.240 e. The van der Waals surface area contributed by atoms with E-state index in [9.17, 15) is 13.6 Å². The van der Waals surface area contributed by atoms with Gasteiger partial charge in [-0.1, -0.05) is 12.1 Å². The van der Waals surface area contributed by atoms with Crippen molar-refractivity contribution in [2.24, 2.45) is 0 Å². The molecule has 1 aliphatic rings. The molecule has 156 valence electrons. The van der Waals surface area contributed by atoms with E-state index in [1.54, 1.807) is 24.3 Å². The highest BCUT2D eigenvalue weighted by molar-refractivity contribution is 7.14. The molecule has 1 aromatic heterocycles. The Morgan fingerprint density at radius 1 is 1.03 bits per heavy atom. The van der Waals surface area contributed by atoms with E-state index in [-0.39, 0.29) is 24.1 Å². The Bertz CT molecular complexity index is 1000. The second kappa shape index (κ2) is 8.99. The molecule has 2 heterocycles. The van der Waals surface area contributed by atoms with Gasteiger partial charge in [-0.25, -0.2) is 13.8 Å². The van der Waals surface area contributed by atoms with E-state index >= 15 is 0 Å². The number of hydrogen-bond acceptors (Lipinski definition) is 5. The quantitative estimate of drug-likeness (QED) is 0.613. The molecule has 3 aromatic rings. The molecule has 4 rings (SSSR count). The molecule has 2 aromatic carbocycles. The van der Waals surface area contributed by atoms with Crippen molar-refractivity contribution in [1.82, 2.24) is 10.3 Å². The summed E-state index contributed by atoms with van der Waals surface area (Å²) in [5.74, 6) is -0.820. The van der Waals surface area contributed by atoms with Gasteiger partial charge in [-0.2, -0.15) is 0 Å². The molecule has 0 atom stereocenters. The number of aromatic nitrogens is 1. The molecule has 2 N–H and O–H groups in total. The van der Waals surface area contributed by atoms with E-state index in [1.165, 1.54) is 35.6 Å². The number of benzene rings is 2. The number of rotatable bonds is 6. The standard InChI is InChI=1S/C22H21F2N3O2S/c23-17-5-1-15(2-6-17)19-14-30-21(26-19)27-20(28)13-25-22(9-11-29-12-10-22)16-3-7-18(24)8-4-16/h1-8,14,25H,9-13H2,(H,26,27,28). The van der Waals surface area contributed by atoms with Gasteiger partial charge in [0.05, 0.1) is 12.2 Å². The summed E-state index contributed by atoms with van der Waals surface area (Å²) in [5.41, 5.74) is 1.96. The Morgan fingerprint density at radius 2 is 1.67 bits per heavy atom. The Hall–Kier alpha value is -2.68. The third-order valence-corrected chi connectivity index (χ3v) is 5.98. The van der Waals surface area contributed by atoms with Crippen molar-refractivity contribution in [3.8, 4) is 11.3 Å². The van der Waals surface area contributed by atoms with Crippen LogP contribution in [0.25, 0.3) is 11.3 Å². The minimum Gasteiger partial charge on any atom is -0.381 e. The van der Waals surface area contributed by atoms with E-state index in [2.05, 4.69) is 15.6 Å². The minimum atomic E-state index is -0.439. The van der Waals surface area contributed by atoms with Gasteiger partial charge in [0.2, 0.25) is 5.91 Å². The summed E-state index contributed by atoms with van der Waals surface area (Å²) in [5, 5.41) is 8.45. The first-order valence-electron chi connectivity index (χ1n) is 9.64. The lowest BCUT2D eigenvalue weighted by Gasteiger charge is -2.38. The van der Waals surface area contributed by atoms with Gasteiger partial charge in [-0.3, -0.25) is 10.1 Å². The number of thiazole rings is 1. The van der Waals surface area contributed by atoms with Crippen LogP contribution >= 0.6 is 11.3 Å².